The number of amides is 2. The molecule has 0 saturated heterocycles. The second-order valence-electron chi connectivity index (χ2n) is 8.17. The fourth-order valence-electron chi connectivity index (χ4n) is 3.90. The third-order valence-electron chi connectivity index (χ3n) is 5.60. The Morgan fingerprint density at radius 3 is 2.29 bits per heavy atom. The molecule has 2 heterocycles. The molecule has 2 amide bonds. The largest absolute Gasteiger partial charge is 0.326 e. The van der Waals surface area contributed by atoms with Crippen molar-refractivity contribution in [2.24, 2.45) is 9.98 Å². The van der Waals surface area contributed by atoms with E-state index in [9.17, 15) is 9.59 Å². The Bertz CT molecular complexity index is 1260. The van der Waals surface area contributed by atoms with Crippen LogP contribution in [0.5, 0.6) is 0 Å². The third-order valence-corrected chi connectivity index (χ3v) is 5.60. The van der Waals surface area contributed by atoms with Gasteiger partial charge < -0.3 is 10.6 Å². The molecule has 0 aromatic heterocycles. The molecular weight excluding hydrogens is 428 g/mol. The molecule has 3 aromatic rings. The fraction of sp³-hybridized carbons (Fsp3) is 0.154. The minimum Gasteiger partial charge on any atom is -0.326 e. The lowest BCUT2D eigenvalue weighted by molar-refractivity contribution is -0.131. The van der Waals surface area contributed by atoms with Gasteiger partial charge in [-0.2, -0.15) is 0 Å². The zero-order chi connectivity index (χ0) is 23.5. The van der Waals surface area contributed by atoms with Gasteiger partial charge in [-0.1, -0.05) is 66.2 Å². The van der Waals surface area contributed by atoms with Crippen LogP contribution < -0.4 is 16.0 Å². The SMILES string of the molecule is Cc1ccc(NC2=N[C@@H](c3ccccc3)N3C(=O)[C@H](CC(=O)Nc4ccccc4)N=C3N2)cc1. The van der Waals surface area contributed by atoms with Gasteiger partial charge in [0.25, 0.3) is 5.91 Å². The number of benzene rings is 3. The van der Waals surface area contributed by atoms with E-state index in [-0.39, 0.29) is 18.2 Å². The topological polar surface area (TPSA) is 98.2 Å². The van der Waals surface area contributed by atoms with Crippen LogP contribution in [0.1, 0.15) is 23.7 Å². The number of aliphatic imine (C=N–C) groups is 2. The highest BCUT2D eigenvalue weighted by Gasteiger charge is 2.43. The molecule has 3 N–H and O–H groups in total. The lowest BCUT2D eigenvalue weighted by Gasteiger charge is -2.32. The van der Waals surface area contributed by atoms with Crippen LogP contribution in [0.3, 0.4) is 0 Å². The first-order valence-electron chi connectivity index (χ1n) is 11.1. The molecule has 0 radical (unpaired) electrons. The summed E-state index contributed by atoms with van der Waals surface area (Å²) in [4.78, 5) is 36.7. The van der Waals surface area contributed by atoms with Crippen LogP contribution in [-0.4, -0.2) is 34.7 Å². The minimum atomic E-state index is -0.827. The molecule has 8 nitrogen and oxygen atoms in total. The fourth-order valence-corrected chi connectivity index (χ4v) is 3.90. The molecule has 34 heavy (non-hydrogen) atoms. The summed E-state index contributed by atoms with van der Waals surface area (Å²) in [5.74, 6) is 0.317. The van der Waals surface area contributed by atoms with E-state index in [0.29, 0.717) is 17.6 Å². The normalized spacial score (nSPS) is 19.0. The monoisotopic (exact) mass is 452 g/mol. The van der Waals surface area contributed by atoms with E-state index >= 15 is 0 Å². The number of para-hydroxylation sites is 1. The summed E-state index contributed by atoms with van der Waals surface area (Å²) < 4.78 is 0. The van der Waals surface area contributed by atoms with Crippen LogP contribution in [0.25, 0.3) is 0 Å². The van der Waals surface area contributed by atoms with Gasteiger partial charge in [0.1, 0.15) is 6.04 Å². The van der Waals surface area contributed by atoms with Crippen molar-refractivity contribution < 1.29 is 9.59 Å². The number of rotatable bonds is 5. The molecular formula is C26H24N6O2. The Hall–Kier alpha value is -4.46. The molecule has 5 rings (SSSR count). The van der Waals surface area contributed by atoms with Crippen LogP contribution >= 0.6 is 0 Å². The lowest BCUT2D eigenvalue weighted by atomic mass is 10.1. The molecule has 0 spiro atoms. The molecule has 0 saturated carbocycles. The van der Waals surface area contributed by atoms with Gasteiger partial charge in [0.05, 0.1) is 6.42 Å². The lowest BCUT2D eigenvalue weighted by Crippen LogP contribution is -2.52. The maximum atomic E-state index is 13.3. The number of carbonyl (C=O) groups excluding carboxylic acids is 2. The number of hydrogen-bond acceptors (Lipinski definition) is 6. The summed E-state index contributed by atoms with van der Waals surface area (Å²) in [6, 6.07) is 25.8. The second kappa shape index (κ2) is 9.19. The first kappa shape index (κ1) is 21.4. The number of nitrogens with zero attached hydrogens (tertiary/aromatic N) is 3. The van der Waals surface area contributed by atoms with Crippen molar-refractivity contribution in [1.29, 1.82) is 0 Å². The van der Waals surface area contributed by atoms with Gasteiger partial charge in [-0.3, -0.25) is 19.8 Å². The van der Waals surface area contributed by atoms with Crippen LogP contribution in [-0.2, 0) is 9.59 Å². The Morgan fingerprint density at radius 2 is 1.59 bits per heavy atom. The van der Waals surface area contributed by atoms with Gasteiger partial charge in [-0.15, -0.1) is 0 Å². The van der Waals surface area contributed by atoms with E-state index < -0.39 is 12.2 Å². The number of nitrogens with one attached hydrogen (secondary N) is 3. The first-order chi connectivity index (χ1) is 16.6. The van der Waals surface area contributed by atoms with E-state index in [1.807, 2.05) is 79.7 Å². The maximum absolute atomic E-state index is 13.3. The molecule has 2 atom stereocenters. The highest BCUT2D eigenvalue weighted by molar-refractivity contribution is 6.15. The minimum absolute atomic E-state index is 0.0579. The third kappa shape index (κ3) is 4.52. The molecule has 2 aliphatic heterocycles. The summed E-state index contributed by atoms with van der Waals surface area (Å²) in [6.45, 7) is 2.02. The zero-order valence-electron chi connectivity index (χ0n) is 18.6. The molecule has 0 bridgehead atoms. The van der Waals surface area contributed by atoms with Crippen molar-refractivity contribution in [2.75, 3.05) is 10.6 Å². The number of guanidine groups is 2. The van der Waals surface area contributed by atoms with Gasteiger partial charge in [-0.05, 0) is 36.8 Å². The van der Waals surface area contributed by atoms with Crippen molar-refractivity contribution in [3.8, 4) is 0 Å². The van der Waals surface area contributed by atoms with Gasteiger partial charge >= 0.3 is 0 Å². The summed E-state index contributed by atoms with van der Waals surface area (Å²) >= 11 is 0. The molecule has 0 aliphatic carbocycles. The molecule has 3 aromatic carbocycles. The Kier molecular flexibility index (Phi) is 5.78. The van der Waals surface area contributed by atoms with Crippen molar-refractivity contribution in [3.05, 3.63) is 96.1 Å². The highest BCUT2D eigenvalue weighted by atomic mass is 16.2. The van der Waals surface area contributed by atoms with Crippen LogP contribution in [0.15, 0.2) is 94.9 Å². The van der Waals surface area contributed by atoms with Crippen LogP contribution in [0.4, 0.5) is 11.4 Å². The van der Waals surface area contributed by atoms with Crippen molar-refractivity contribution in [3.63, 3.8) is 0 Å². The van der Waals surface area contributed by atoms with Crippen molar-refractivity contribution >= 4 is 35.1 Å². The predicted octanol–water partition coefficient (Wildman–Crippen LogP) is 3.66. The summed E-state index contributed by atoms with van der Waals surface area (Å²) in [7, 11) is 0. The Labute approximate surface area is 197 Å². The number of fused-ring (bicyclic) bond motifs is 1. The summed E-state index contributed by atoms with van der Waals surface area (Å²) in [5, 5.41) is 9.21. The van der Waals surface area contributed by atoms with E-state index in [1.54, 1.807) is 12.1 Å². The molecule has 0 fully saturated rings. The quantitative estimate of drug-likeness (QED) is 0.550. The van der Waals surface area contributed by atoms with Gasteiger partial charge in [0.15, 0.2) is 6.17 Å². The molecule has 8 heteroatoms. The summed E-state index contributed by atoms with van der Waals surface area (Å²) in [5.41, 5.74) is 3.54. The maximum Gasteiger partial charge on any atom is 0.256 e. The van der Waals surface area contributed by atoms with Gasteiger partial charge in [0.2, 0.25) is 17.8 Å². The second-order valence-corrected chi connectivity index (χ2v) is 8.17. The first-order valence-corrected chi connectivity index (χ1v) is 11.1. The van der Waals surface area contributed by atoms with Crippen LogP contribution in [0, 0.1) is 6.92 Å². The molecule has 170 valence electrons. The van der Waals surface area contributed by atoms with E-state index in [0.717, 1.165) is 16.8 Å². The van der Waals surface area contributed by atoms with Gasteiger partial charge in [0, 0.05) is 11.4 Å². The van der Waals surface area contributed by atoms with Crippen LogP contribution in [0.2, 0.25) is 0 Å². The predicted molar refractivity (Wildman–Crippen MR) is 132 cm³/mol. The number of anilines is 2. The highest BCUT2D eigenvalue weighted by Crippen LogP contribution is 2.30. The van der Waals surface area contributed by atoms with E-state index in [4.69, 9.17) is 4.99 Å². The van der Waals surface area contributed by atoms with Gasteiger partial charge in [-0.25, -0.2) is 9.98 Å². The number of aryl methyl sites for hydroxylation is 1. The average Bonchev–Trinajstić information content (AvgIpc) is 3.16. The van der Waals surface area contributed by atoms with Crippen molar-refractivity contribution in [1.82, 2.24) is 10.2 Å². The standard InChI is InChI=1S/C26H24N6O2/c1-17-12-14-20(15-13-17)28-25-30-23(18-8-4-2-5-9-18)32-24(34)21(29-26(32)31-25)16-22(33)27-19-10-6-3-7-11-19/h2-15,21,23H,16H2,1H3,(H,27,33)(H2,28,29,30,31)/t21-,23+/m0/s1. The Balaban J connectivity index is 1.39. The Morgan fingerprint density at radius 1 is 0.912 bits per heavy atom. The smallest absolute Gasteiger partial charge is 0.256 e. The molecule has 0 unspecified atom stereocenters. The number of hydrogen-bond donors (Lipinski definition) is 3. The number of carbonyl (C=O) groups is 2. The average molecular weight is 453 g/mol. The summed E-state index contributed by atoms with van der Waals surface area (Å²) in [6.07, 6.45) is -0.652. The van der Waals surface area contributed by atoms with E-state index in [2.05, 4.69) is 20.9 Å². The molecule has 2 aliphatic rings. The van der Waals surface area contributed by atoms with Crippen molar-refractivity contribution in [2.45, 2.75) is 25.6 Å². The van der Waals surface area contributed by atoms with E-state index in [1.165, 1.54) is 4.90 Å². The zero-order valence-corrected chi connectivity index (χ0v) is 18.6.